The summed E-state index contributed by atoms with van der Waals surface area (Å²) in [7, 11) is 1.68. The van der Waals surface area contributed by atoms with Crippen molar-refractivity contribution in [3.63, 3.8) is 0 Å². The molecule has 0 unspecified atom stereocenters. The average molecular weight is 295 g/mol. The summed E-state index contributed by atoms with van der Waals surface area (Å²) in [4.78, 5) is 12.2. The molecule has 0 atom stereocenters. The van der Waals surface area contributed by atoms with E-state index >= 15 is 0 Å². The van der Waals surface area contributed by atoms with E-state index in [4.69, 9.17) is 11.6 Å². The number of benzene rings is 1. The highest BCUT2D eigenvalue weighted by Crippen LogP contribution is 2.16. The quantitative estimate of drug-likeness (QED) is 0.617. The van der Waals surface area contributed by atoms with Crippen molar-refractivity contribution in [3.05, 3.63) is 34.6 Å². The minimum absolute atomic E-state index is 0.111. The number of carbonyl (C=O) groups excluding carboxylic acids is 1. The molecule has 0 spiro atoms. The van der Waals surface area contributed by atoms with Gasteiger partial charge in [-0.15, -0.1) is 0 Å². The van der Waals surface area contributed by atoms with Gasteiger partial charge < -0.3 is 4.90 Å². The van der Waals surface area contributed by atoms with E-state index in [-0.39, 0.29) is 9.84 Å². The summed E-state index contributed by atoms with van der Waals surface area (Å²) >= 11 is 8.47. The minimum atomic E-state index is -0.426. The van der Waals surface area contributed by atoms with E-state index < -0.39 is 5.82 Å². The lowest BCUT2D eigenvalue weighted by Crippen LogP contribution is -2.23. The molecule has 0 saturated heterocycles. The second kappa shape index (κ2) is 5.47. The Morgan fingerprint density at radius 2 is 2.27 bits per heavy atom. The van der Waals surface area contributed by atoms with Crippen LogP contribution in [-0.4, -0.2) is 23.3 Å². The zero-order chi connectivity index (χ0) is 11.4. The molecular formula is C10H10BrClFNO. The van der Waals surface area contributed by atoms with E-state index in [1.165, 1.54) is 11.0 Å². The Hall–Kier alpha value is -0.610. The van der Waals surface area contributed by atoms with E-state index in [1.807, 2.05) is 0 Å². The van der Waals surface area contributed by atoms with Gasteiger partial charge in [-0.2, -0.15) is 0 Å². The number of halogens is 3. The van der Waals surface area contributed by atoms with Gasteiger partial charge in [0.25, 0.3) is 4.82 Å². The van der Waals surface area contributed by atoms with Gasteiger partial charge in [-0.1, -0.05) is 17.7 Å². The van der Waals surface area contributed by atoms with Gasteiger partial charge in [-0.3, -0.25) is 4.79 Å². The molecule has 0 bridgehead atoms. The molecule has 82 valence electrons. The molecule has 0 N–H and O–H groups in total. The van der Waals surface area contributed by atoms with Crippen molar-refractivity contribution in [2.45, 2.75) is 6.42 Å². The zero-order valence-corrected chi connectivity index (χ0v) is 10.5. The van der Waals surface area contributed by atoms with Crippen molar-refractivity contribution in [1.82, 2.24) is 4.90 Å². The van der Waals surface area contributed by atoms with Crippen LogP contribution in [0, 0.1) is 5.82 Å². The van der Waals surface area contributed by atoms with E-state index in [1.54, 1.807) is 19.2 Å². The molecule has 5 heteroatoms. The molecule has 0 radical (unpaired) electrons. The third kappa shape index (κ3) is 3.80. The summed E-state index contributed by atoms with van der Waals surface area (Å²) in [5, 5.41) is 0.111. The largest absolute Gasteiger partial charge is 0.336 e. The lowest BCUT2D eigenvalue weighted by molar-refractivity contribution is 0.235. The summed E-state index contributed by atoms with van der Waals surface area (Å²) in [5.41, 5.74) is 0.905. The molecular weight excluding hydrogens is 284 g/mol. The third-order valence-corrected chi connectivity index (χ3v) is 2.92. The predicted octanol–water partition coefficient (Wildman–Crippen LogP) is 3.47. The summed E-state index contributed by atoms with van der Waals surface area (Å²) in [6.45, 7) is 0.562. The van der Waals surface area contributed by atoms with Gasteiger partial charge in [0, 0.05) is 29.5 Å². The maximum absolute atomic E-state index is 12.8. The van der Waals surface area contributed by atoms with Crippen LogP contribution in [-0.2, 0) is 6.42 Å². The number of hydrogen-bond donors (Lipinski definition) is 0. The fourth-order valence-corrected chi connectivity index (χ4v) is 1.46. The van der Waals surface area contributed by atoms with Crippen molar-refractivity contribution in [2.75, 3.05) is 13.6 Å². The molecule has 1 aromatic rings. The first-order chi connectivity index (χ1) is 7.00. The third-order valence-electron chi connectivity index (χ3n) is 2.02. The average Bonchev–Trinajstić information content (AvgIpc) is 2.19. The van der Waals surface area contributed by atoms with Crippen LogP contribution in [0.3, 0.4) is 0 Å². The van der Waals surface area contributed by atoms with E-state index in [2.05, 4.69) is 15.9 Å². The Kier molecular flexibility index (Phi) is 4.54. The SMILES string of the molecule is CN(CCc1ccc(F)c(Cl)c1)C(=O)Br. The Bertz CT molecular complexity index is 372. The van der Waals surface area contributed by atoms with Crippen LogP contribution in [0.5, 0.6) is 0 Å². The van der Waals surface area contributed by atoms with Crippen molar-refractivity contribution in [2.24, 2.45) is 0 Å². The van der Waals surface area contributed by atoms with Crippen LogP contribution in [0.4, 0.5) is 9.18 Å². The van der Waals surface area contributed by atoms with Crippen LogP contribution < -0.4 is 0 Å². The molecule has 0 saturated carbocycles. The van der Waals surface area contributed by atoms with Gasteiger partial charge in [0.2, 0.25) is 0 Å². The van der Waals surface area contributed by atoms with Gasteiger partial charge in [0.05, 0.1) is 5.02 Å². The molecule has 15 heavy (non-hydrogen) atoms. The predicted molar refractivity (Wildman–Crippen MR) is 62.1 cm³/mol. The second-order valence-electron chi connectivity index (χ2n) is 3.17. The number of amides is 1. The van der Waals surface area contributed by atoms with Gasteiger partial charge in [0.1, 0.15) is 5.82 Å². The van der Waals surface area contributed by atoms with Crippen molar-refractivity contribution >= 4 is 32.3 Å². The number of rotatable bonds is 3. The molecule has 0 heterocycles. The second-order valence-corrected chi connectivity index (χ2v) is 4.26. The summed E-state index contributed by atoms with van der Waals surface area (Å²) in [6, 6.07) is 4.56. The number of carbonyl (C=O) groups is 1. The minimum Gasteiger partial charge on any atom is -0.336 e. The van der Waals surface area contributed by atoms with Gasteiger partial charge in [0.15, 0.2) is 0 Å². The topological polar surface area (TPSA) is 20.3 Å². The van der Waals surface area contributed by atoms with Gasteiger partial charge in [-0.05, 0) is 24.1 Å². The fraction of sp³-hybridized carbons (Fsp3) is 0.300. The van der Waals surface area contributed by atoms with Crippen LogP contribution in [0.25, 0.3) is 0 Å². The molecule has 1 rings (SSSR count). The lowest BCUT2D eigenvalue weighted by atomic mass is 10.1. The van der Waals surface area contributed by atoms with E-state index in [0.717, 1.165) is 5.56 Å². The lowest BCUT2D eigenvalue weighted by Gasteiger charge is -2.13. The molecule has 2 nitrogen and oxygen atoms in total. The molecule has 0 aliphatic carbocycles. The maximum Gasteiger partial charge on any atom is 0.289 e. The first kappa shape index (κ1) is 12.5. The first-order valence-corrected chi connectivity index (χ1v) is 5.52. The molecule has 0 aliphatic heterocycles. The van der Waals surface area contributed by atoms with Crippen molar-refractivity contribution < 1.29 is 9.18 Å². The van der Waals surface area contributed by atoms with Crippen LogP contribution in [0.15, 0.2) is 18.2 Å². The van der Waals surface area contributed by atoms with Crippen LogP contribution >= 0.6 is 27.5 Å². The Morgan fingerprint density at radius 3 is 2.80 bits per heavy atom. The molecule has 0 fully saturated rings. The highest BCUT2D eigenvalue weighted by Gasteiger charge is 2.05. The van der Waals surface area contributed by atoms with Gasteiger partial charge >= 0.3 is 0 Å². The zero-order valence-electron chi connectivity index (χ0n) is 8.14. The van der Waals surface area contributed by atoms with Crippen LogP contribution in [0.2, 0.25) is 5.02 Å². The smallest absolute Gasteiger partial charge is 0.289 e. The Labute approximate surface area is 101 Å². The van der Waals surface area contributed by atoms with Crippen LogP contribution in [0.1, 0.15) is 5.56 Å². The fourth-order valence-electron chi connectivity index (χ4n) is 1.08. The summed E-state index contributed by atoms with van der Waals surface area (Å²) < 4.78 is 12.8. The summed E-state index contributed by atoms with van der Waals surface area (Å²) in [5.74, 6) is -0.426. The first-order valence-electron chi connectivity index (χ1n) is 4.35. The molecule has 0 aromatic heterocycles. The number of hydrogen-bond acceptors (Lipinski definition) is 1. The Balaban J connectivity index is 2.58. The monoisotopic (exact) mass is 293 g/mol. The van der Waals surface area contributed by atoms with E-state index in [0.29, 0.717) is 13.0 Å². The molecule has 1 amide bonds. The summed E-state index contributed by atoms with van der Waals surface area (Å²) in [6.07, 6.45) is 0.647. The van der Waals surface area contributed by atoms with Crippen molar-refractivity contribution in [1.29, 1.82) is 0 Å². The number of likely N-dealkylation sites (N-methyl/N-ethyl adjacent to an activating group) is 1. The van der Waals surface area contributed by atoms with Gasteiger partial charge in [-0.25, -0.2) is 4.39 Å². The molecule has 1 aromatic carbocycles. The molecule has 0 aliphatic rings. The Morgan fingerprint density at radius 1 is 1.60 bits per heavy atom. The standard InChI is InChI=1S/C10H10BrClFNO/c1-14(10(11)15)5-4-7-2-3-9(13)8(12)6-7/h2-3,6H,4-5H2,1H3. The maximum atomic E-state index is 12.8. The highest BCUT2D eigenvalue weighted by atomic mass is 79.9. The highest BCUT2D eigenvalue weighted by molar-refractivity contribution is 9.18. The van der Waals surface area contributed by atoms with E-state index in [9.17, 15) is 9.18 Å². The van der Waals surface area contributed by atoms with Crippen molar-refractivity contribution in [3.8, 4) is 0 Å². The normalized spacial score (nSPS) is 10.1. The number of nitrogens with zero attached hydrogens (tertiary/aromatic N) is 1.